The zero-order valence-electron chi connectivity index (χ0n) is 15.2. The predicted molar refractivity (Wildman–Crippen MR) is 94.6 cm³/mol. The van der Waals surface area contributed by atoms with E-state index < -0.39 is 30.9 Å². The second-order valence-corrected chi connectivity index (χ2v) is 10.0. The lowest BCUT2D eigenvalue weighted by atomic mass is 10.1. The standard InChI is InChI=1S/C17H21F3NO4P/c1-7-10-24-15(22)21(16(2,3)4)13-9-8-12(26(5,6)23)11-14(13)25-17(18,19)20/h1,8-9,11H,10H2,2-6H3. The monoisotopic (exact) mass is 391 g/mol. The number of nitrogens with zero attached hydrogens (tertiary/aromatic N) is 1. The van der Waals surface area contributed by atoms with Gasteiger partial charge < -0.3 is 14.0 Å². The van der Waals surface area contributed by atoms with Crippen molar-refractivity contribution in [1.29, 1.82) is 0 Å². The van der Waals surface area contributed by atoms with E-state index in [1.807, 2.05) is 0 Å². The van der Waals surface area contributed by atoms with Crippen molar-refractivity contribution >= 4 is 24.2 Å². The summed E-state index contributed by atoms with van der Waals surface area (Å²) in [5.41, 5.74) is -1.12. The third-order valence-corrected chi connectivity index (χ3v) is 4.69. The van der Waals surface area contributed by atoms with Gasteiger partial charge in [-0.25, -0.2) is 4.79 Å². The molecule has 0 heterocycles. The highest BCUT2D eigenvalue weighted by atomic mass is 31.2. The number of carbonyl (C=O) groups excluding carboxylic acids is 1. The number of benzene rings is 1. The van der Waals surface area contributed by atoms with Gasteiger partial charge in [0.15, 0.2) is 12.4 Å². The highest BCUT2D eigenvalue weighted by Gasteiger charge is 2.37. The molecule has 0 unspecified atom stereocenters. The minimum atomic E-state index is -4.99. The summed E-state index contributed by atoms with van der Waals surface area (Å²) in [5.74, 6) is 1.47. The molecule has 1 aromatic carbocycles. The summed E-state index contributed by atoms with van der Waals surface area (Å²) < 4.78 is 59.8. The number of halogens is 3. The highest BCUT2D eigenvalue weighted by molar-refractivity contribution is 7.70. The molecule has 0 aliphatic heterocycles. The number of amides is 1. The van der Waals surface area contributed by atoms with Crippen LogP contribution in [-0.4, -0.2) is 37.9 Å². The Bertz CT molecular complexity index is 757. The number of terminal acetylenes is 1. The lowest BCUT2D eigenvalue weighted by Crippen LogP contribution is -2.46. The molecule has 1 aromatic rings. The molecule has 144 valence electrons. The van der Waals surface area contributed by atoms with Gasteiger partial charge in [-0.15, -0.1) is 19.6 Å². The van der Waals surface area contributed by atoms with E-state index in [1.54, 1.807) is 20.8 Å². The van der Waals surface area contributed by atoms with Crippen molar-refractivity contribution in [3.8, 4) is 18.1 Å². The topological polar surface area (TPSA) is 55.8 Å². The first kappa shape index (κ1) is 21.9. The van der Waals surface area contributed by atoms with Gasteiger partial charge in [0.1, 0.15) is 7.14 Å². The van der Waals surface area contributed by atoms with Gasteiger partial charge in [0, 0.05) is 10.8 Å². The van der Waals surface area contributed by atoms with E-state index in [2.05, 4.69) is 10.7 Å². The molecule has 0 saturated carbocycles. The van der Waals surface area contributed by atoms with Crippen molar-refractivity contribution < 1.29 is 32.0 Å². The number of alkyl halides is 3. The van der Waals surface area contributed by atoms with Crippen molar-refractivity contribution in [2.45, 2.75) is 32.7 Å². The minimum Gasteiger partial charge on any atom is -0.436 e. The van der Waals surface area contributed by atoms with Crippen LogP contribution >= 0.6 is 7.14 Å². The molecular weight excluding hydrogens is 370 g/mol. The van der Waals surface area contributed by atoms with Crippen LogP contribution in [0.1, 0.15) is 20.8 Å². The van der Waals surface area contributed by atoms with Gasteiger partial charge >= 0.3 is 12.5 Å². The molecule has 0 spiro atoms. The Morgan fingerprint density at radius 1 is 1.27 bits per heavy atom. The van der Waals surface area contributed by atoms with Gasteiger partial charge in [0.25, 0.3) is 0 Å². The lowest BCUT2D eigenvalue weighted by Gasteiger charge is -2.35. The van der Waals surface area contributed by atoms with E-state index in [1.165, 1.54) is 25.5 Å². The van der Waals surface area contributed by atoms with E-state index in [0.29, 0.717) is 0 Å². The lowest BCUT2D eigenvalue weighted by molar-refractivity contribution is -0.274. The fourth-order valence-electron chi connectivity index (χ4n) is 2.13. The Morgan fingerprint density at radius 3 is 2.27 bits per heavy atom. The van der Waals surface area contributed by atoms with E-state index in [9.17, 15) is 22.5 Å². The van der Waals surface area contributed by atoms with Gasteiger partial charge in [-0.3, -0.25) is 4.90 Å². The maximum atomic E-state index is 12.9. The number of anilines is 1. The summed E-state index contributed by atoms with van der Waals surface area (Å²) in [6.45, 7) is 7.34. The van der Waals surface area contributed by atoms with Gasteiger partial charge in [-0.05, 0) is 52.3 Å². The second kappa shape index (κ2) is 7.63. The van der Waals surface area contributed by atoms with Crippen LogP contribution < -0.4 is 14.9 Å². The Hall–Kier alpha value is -2.13. The van der Waals surface area contributed by atoms with Crippen LogP contribution in [-0.2, 0) is 9.30 Å². The summed E-state index contributed by atoms with van der Waals surface area (Å²) in [6.07, 6.45) is -0.864. The van der Waals surface area contributed by atoms with Crippen molar-refractivity contribution in [3.05, 3.63) is 18.2 Å². The quantitative estimate of drug-likeness (QED) is 0.570. The average Bonchev–Trinajstić information content (AvgIpc) is 2.42. The fraction of sp³-hybridized carbons (Fsp3) is 0.471. The number of carbonyl (C=O) groups is 1. The number of ether oxygens (including phenoxy) is 2. The van der Waals surface area contributed by atoms with Crippen LogP contribution in [0.3, 0.4) is 0 Å². The summed E-state index contributed by atoms with van der Waals surface area (Å²) in [7, 11) is -2.85. The van der Waals surface area contributed by atoms with Gasteiger partial charge in [0.05, 0.1) is 5.69 Å². The molecule has 0 aromatic heterocycles. The summed E-state index contributed by atoms with van der Waals surface area (Å²) >= 11 is 0. The Labute approximate surface area is 150 Å². The minimum absolute atomic E-state index is 0.172. The van der Waals surface area contributed by atoms with Gasteiger partial charge in [0.2, 0.25) is 0 Å². The maximum Gasteiger partial charge on any atom is 0.573 e. The molecule has 0 saturated heterocycles. The van der Waals surface area contributed by atoms with E-state index in [-0.39, 0.29) is 17.6 Å². The molecule has 0 aliphatic carbocycles. The highest BCUT2D eigenvalue weighted by Crippen LogP contribution is 2.41. The number of hydrogen-bond acceptors (Lipinski definition) is 4. The molecule has 0 radical (unpaired) electrons. The molecule has 0 atom stereocenters. The Balaban J connectivity index is 3.56. The molecule has 1 rings (SSSR count). The summed E-state index contributed by atoms with van der Waals surface area (Å²) in [4.78, 5) is 13.4. The van der Waals surface area contributed by atoms with Gasteiger partial charge in [-0.1, -0.05) is 5.92 Å². The third kappa shape index (κ3) is 5.99. The van der Waals surface area contributed by atoms with E-state index in [4.69, 9.17) is 11.2 Å². The normalized spacial score (nSPS) is 12.3. The van der Waals surface area contributed by atoms with Crippen molar-refractivity contribution in [3.63, 3.8) is 0 Å². The van der Waals surface area contributed by atoms with Crippen LogP contribution in [0.5, 0.6) is 5.75 Å². The second-order valence-electron chi connectivity index (χ2n) is 6.82. The smallest absolute Gasteiger partial charge is 0.436 e. The van der Waals surface area contributed by atoms with Crippen LogP contribution in [0.2, 0.25) is 0 Å². The first-order valence-electron chi connectivity index (χ1n) is 7.52. The number of rotatable bonds is 4. The van der Waals surface area contributed by atoms with Crippen molar-refractivity contribution in [1.82, 2.24) is 0 Å². The maximum absolute atomic E-state index is 12.9. The molecule has 9 heteroatoms. The fourth-order valence-corrected chi connectivity index (χ4v) is 2.99. The summed E-state index contributed by atoms with van der Waals surface area (Å²) in [5, 5.41) is 0.186. The van der Waals surface area contributed by atoms with Crippen LogP contribution in [0.4, 0.5) is 23.7 Å². The number of hydrogen-bond donors (Lipinski definition) is 0. The zero-order chi connectivity index (χ0) is 20.3. The zero-order valence-corrected chi connectivity index (χ0v) is 16.1. The van der Waals surface area contributed by atoms with Crippen molar-refractivity contribution in [2.75, 3.05) is 24.8 Å². The summed E-state index contributed by atoms with van der Waals surface area (Å²) in [6, 6.07) is 3.67. The van der Waals surface area contributed by atoms with Crippen LogP contribution in [0.15, 0.2) is 18.2 Å². The SMILES string of the molecule is C#CCOC(=O)N(c1ccc(P(C)(C)=O)cc1OC(F)(F)F)C(C)(C)C. The van der Waals surface area contributed by atoms with Gasteiger partial charge in [-0.2, -0.15) is 0 Å². The van der Waals surface area contributed by atoms with Crippen LogP contribution in [0.25, 0.3) is 0 Å². The van der Waals surface area contributed by atoms with Crippen molar-refractivity contribution in [2.24, 2.45) is 0 Å². The molecule has 26 heavy (non-hydrogen) atoms. The van der Waals surface area contributed by atoms with E-state index in [0.717, 1.165) is 11.0 Å². The third-order valence-electron chi connectivity index (χ3n) is 3.16. The molecule has 0 bridgehead atoms. The molecule has 0 aliphatic rings. The molecule has 5 nitrogen and oxygen atoms in total. The average molecular weight is 391 g/mol. The van der Waals surface area contributed by atoms with E-state index >= 15 is 0 Å². The largest absolute Gasteiger partial charge is 0.573 e. The molecular formula is C17H21F3NO4P. The molecule has 1 amide bonds. The predicted octanol–water partition coefficient (Wildman–Crippen LogP) is 4.21. The first-order chi connectivity index (χ1) is 11.7. The van der Waals surface area contributed by atoms with Crippen LogP contribution in [0, 0.1) is 12.3 Å². The molecule has 0 fully saturated rings. The molecule has 0 N–H and O–H groups in total. The Kier molecular flexibility index (Phi) is 6.43. The first-order valence-corrected chi connectivity index (χ1v) is 10.1. The Morgan fingerprint density at radius 2 is 1.85 bits per heavy atom.